The molecule has 1 fully saturated rings. The topological polar surface area (TPSA) is 38.1 Å². The van der Waals surface area contributed by atoms with Crippen LogP contribution in [0.4, 0.5) is 5.69 Å². The molecule has 5 rings (SSSR count). The van der Waals surface area contributed by atoms with E-state index in [1.165, 1.54) is 16.8 Å². The van der Waals surface area contributed by atoms with Gasteiger partial charge < -0.3 is 23.7 Å². The van der Waals surface area contributed by atoms with Crippen molar-refractivity contribution >= 4 is 16.7 Å². The van der Waals surface area contributed by atoms with E-state index in [0.29, 0.717) is 0 Å². The Morgan fingerprint density at radius 3 is 2.68 bits per heavy atom. The smallest absolute Gasteiger partial charge is 0.146 e. The highest BCUT2D eigenvalue weighted by molar-refractivity contribution is 5.78. The Morgan fingerprint density at radius 2 is 1.89 bits per heavy atom. The summed E-state index contributed by atoms with van der Waals surface area (Å²) in [6.07, 6.45) is 0. The molecule has 3 aromatic rings. The van der Waals surface area contributed by atoms with Gasteiger partial charge in [-0.3, -0.25) is 0 Å². The van der Waals surface area contributed by atoms with Gasteiger partial charge in [-0.25, -0.2) is 0 Å². The van der Waals surface area contributed by atoms with Crippen LogP contribution in [0.3, 0.4) is 0 Å². The molecule has 28 heavy (non-hydrogen) atoms. The first-order chi connectivity index (χ1) is 13.7. The maximum absolute atomic E-state index is 6.24. The summed E-state index contributed by atoms with van der Waals surface area (Å²) < 4.78 is 17.7. The summed E-state index contributed by atoms with van der Waals surface area (Å²) in [6, 6.07) is 14.9. The highest BCUT2D eigenvalue weighted by Gasteiger charge is 2.31. The Morgan fingerprint density at radius 1 is 1.07 bits per heavy atom. The van der Waals surface area contributed by atoms with E-state index >= 15 is 0 Å². The summed E-state index contributed by atoms with van der Waals surface area (Å²) >= 11 is 0. The average molecular weight is 378 g/mol. The molecular formula is C23H26N2O3. The number of para-hydroxylation sites is 1. The molecule has 3 heterocycles. The fourth-order valence-corrected chi connectivity index (χ4v) is 4.56. The molecule has 1 saturated heterocycles. The molecule has 1 unspecified atom stereocenters. The summed E-state index contributed by atoms with van der Waals surface area (Å²) in [6.45, 7) is 5.15. The van der Waals surface area contributed by atoms with Crippen molar-refractivity contribution < 1.29 is 13.9 Å². The van der Waals surface area contributed by atoms with Gasteiger partial charge in [0.1, 0.15) is 17.1 Å². The fourth-order valence-electron chi connectivity index (χ4n) is 4.56. The summed E-state index contributed by atoms with van der Waals surface area (Å²) in [7, 11) is 3.95. The van der Waals surface area contributed by atoms with Gasteiger partial charge in [-0.2, -0.15) is 0 Å². The van der Waals surface area contributed by atoms with Crippen molar-refractivity contribution in [3.05, 3.63) is 59.4 Å². The summed E-state index contributed by atoms with van der Waals surface area (Å²) in [5, 5.41) is 1.16. The maximum Gasteiger partial charge on any atom is 0.146 e. The zero-order valence-corrected chi connectivity index (χ0v) is 16.5. The van der Waals surface area contributed by atoms with Gasteiger partial charge in [0.2, 0.25) is 0 Å². The van der Waals surface area contributed by atoms with Gasteiger partial charge in [0.15, 0.2) is 0 Å². The molecule has 1 aromatic heterocycles. The number of anilines is 1. The Balaban J connectivity index is 1.60. The summed E-state index contributed by atoms with van der Waals surface area (Å²) in [4.78, 5) is 4.72. The zero-order valence-electron chi connectivity index (χ0n) is 16.5. The molecule has 2 aromatic carbocycles. The number of ether oxygens (including phenoxy) is 2. The number of benzene rings is 2. The lowest BCUT2D eigenvalue weighted by Gasteiger charge is -2.36. The second-order valence-electron chi connectivity index (χ2n) is 7.72. The minimum atomic E-state index is 0.203. The van der Waals surface area contributed by atoms with Crippen molar-refractivity contribution in [1.29, 1.82) is 0 Å². The van der Waals surface area contributed by atoms with Crippen molar-refractivity contribution in [2.45, 2.75) is 12.5 Å². The van der Waals surface area contributed by atoms with Gasteiger partial charge in [-0.05, 0) is 30.8 Å². The Labute approximate surface area is 165 Å². The van der Waals surface area contributed by atoms with E-state index in [9.17, 15) is 0 Å². The Bertz CT molecular complexity index is 958. The predicted octanol–water partition coefficient (Wildman–Crippen LogP) is 3.86. The van der Waals surface area contributed by atoms with Crippen LogP contribution in [0, 0.1) is 0 Å². The second kappa shape index (κ2) is 7.15. The maximum atomic E-state index is 6.24. The van der Waals surface area contributed by atoms with Gasteiger partial charge in [0.05, 0.1) is 31.9 Å². The lowest BCUT2D eigenvalue weighted by atomic mass is 9.87. The van der Waals surface area contributed by atoms with Crippen LogP contribution in [-0.4, -0.2) is 51.9 Å². The molecule has 0 bridgehead atoms. The molecule has 2 aliphatic heterocycles. The fraction of sp³-hybridized carbons (Fsp3) is 0.391. The van der Waals surface area contributed by atoms with Crippen molar-refractivity contribution in [2.75, 3.05) is 51.9 Å². The Kier molecular flexibility index (Phi) is 4.49. The number of methoxy groups -OCH3 is 1. The van der Waals surface area contributed by atoms with Gasteiger partial charge >= 0.3 is 0 Å². The number of rotatable bonds is 3. The minimum Gasteiger partial charge on any atom is -0.494 e. The minimum absolute atomic E-state index is 0.203. The van der Waals surface area contributed by atoms with Gasteiger partial charge in [0, 0.05) is 37.1 Å². The number of likely N-dealkylation sites (N-methyl/N-ethyl adjacent to an activating group) is 1. The molecule has 0 amide bonds. The third-order valence-electron chi connectivity index (χ3n) is 5.92. The zero-order chi connectivity index (χ0) is 19.1. The molecule has 2 aliphatic rings. The third-order valence-corrected chi connectivity index (χ3v) is 5.92. The molecule has 0 radical (unpaired) electrons. The quantitative estimate of drug-likeness (QED) is 0.692. The molecular weight excluding hydrogens is 352 g/mol. The second-order valence-corrected chi connectivity index (χ2v) is 7.72. The SMILES string of the molecule is COc1c(N2CCOCC2)ccc2c1CN(C)CC2c1cc2ccccc2o1. The lowest BCUT2D eigenvalue weighted by Crippen LogP contribution is -2.37. The third kappa shape index (κ3) is 2.95. The molecule has 5 nitrogen and oxygen atoms in total. The van der Waals surface area contributed by atoms with Crippen LogP contribution in [0.1, 0.15) is 22.8 Å². The van der Waals surface area contributed by atoms with Crippen LogP contribution >= 0.6 is 0 Å². The summed E-state index contributed by atoms with van der Waals surface area (Å²) in [5.74, 6) is 2.22. The standard InChI is InChI=1S/C23H26N2O3/c1-24-14-18(22-13-16-5-3-4-6-21(16)28-22)17-7-8-20(23(26-2)19(17)15-24)25-9-11-27-12-10-25/h3-8,13,18H,9-12,14-15H2,1-2H3. The van der Waals surface area contributed by atoms with E-state index in [2.05, 4.69) is 47.2 Å². The molecule has 5 heteroatoms. The molecule has 146 valence electrons. The van der Waals surface area contributed by atoms with E-state index in [1.807, 2.05) is 12.1 Å². The van der Waals surface area contributed by atoms with Crippen LogP contribution in [0.5, 0.6) is 5.75 Å². The van der Waals surface area contributed by atoms with E-state index < -0.39 is 0 Å². The van der Waals surface area contributed by atoms with Crippen molar-refractivity contribution in [1.82, 2.24) is 4.90 Å². The highest BCUT2D eigenvalue weighted by atomic mass is 16.5. The normalized spacial score (nSPS) is 20.4. The van der Waals surface area contributed by atoms with E-state index in [4.69, 9.17) is 13.9 Å². The molecule has 0 N–H and O–H groups in total. The van der Waals surface area contributed by atoms with Crippen LogP contribution in [0.25, 0.3) is 11.0 Å². The van der Waals surface area contributed by atoms with Gasteiger partial charge in [-0.1, -0.05) is 24.3 Å². The van der Waals surface area contributed by atoms with E-state index in [1.54, 1.807) is 7.11 Å². The number of hydrogen-bond acceptors (Lipinski definition) is 5. The van der Waals surface area contributed by atoms with Crippen molar-refractivity contribution in [3.8, 4) is 5.75 Å². The number of fused-ring (bicyclic) bond motifs is 2. The first kappa shape index (κ1) is 17.6. The lowest BCUT2D eigenvalue weighted by molar-refractivity contribution is 0.122. The average Bonchev–Trinajstić information content (AvgIpc) is 3.17. The largest absolute Gasteiger partial charge is 0.494 e. The van der Waals surface area contributed by atoms with E-state index in [-0.39, 0.29) is 5.92 Å². The number of furan rings is 1. The number of hydrogen-bond donors (Lipinski definition) is 0. The number of morpholine rings is 1. The Hall–Kier alpha value is -2.50. The highest BCUT2D eigenvalue weighted by Crippen LogP contribution is 2.43. The van der Waals surface area contributed by atoms with Crippen molar-refractivity contribution in [3.63, 3.8) is 0 Å². The van der Waals surface area contributed by atoms with E-state index in [0.717, 1.165) is 61.9 Å². The van der Waals surface area contributed by atoms with Crippen LogP contribution in [0.2, 0.25) is 0 Å². The first-order valence-electron chi connectivity index (χ1n) is 9.94. The first-order valence-corrected chi connectivity index (χ1v) is 9.94. The molecule has 0 spiro atoms. The monoisotopic (exact) mass is 378 g/mol. The number of nitrogens with zero attached hydrogens (tertiary/aromatic N) is 2. The van der Waals surface area contributed by atoms with Crippen LogP contribution in [0.15, 0.2) is 46.9 Å². The molecule has 0 saturated carbocycles. The van der Waals surface area contributed by atoms with Crippen LogP contribution in [-0.2, 0) is 11.3 Å². The molecule has 0 aliphatic carbocycles. The van der Waals surface area contributed by atoms with Gasteiger partial charge in [-0.15, -0.1) is 0 Å². The molecule has 1 atom stereocenters. The van der Waals surface area contributed by atoms with Crippen LogP contribution < -0.4 is 9.64 Å². The predicted molar refractivity (Wildman–Crippen MR) is 110 cm³/mol. The van der Waals surface area contributed by atoms with Gasteiger partial charge in [0.25, 0.3) is 0 Å². The summed E-state index contributed by atoms with van der Waals surface area (Å²) in [5.41, 5.74) is 4.70. The van der Waals surface area contributed by atoms with Crippen molar-refractivity contribution in [2.24, 2.45) is 0 Å².